The number of rotatable bonds is 4. The van der Waals surface area contributed by atoms with Crippen molar-refractivity contribution >= 4 is 108 Å². The van der Waals surface area contributed by atoms with E-state index in [2.05, 4.69) is 198 Å². The standard InChI is InChI=1S/C58H34N4S/c1-2-14-36-33-50-45(31-35(36)13-1)53-40(44-32-37-15-3-4-16-39(37)55-41-17-5-7-21-46(41)59-57(44)55)19-11-24-49(53)62(50)38-29-27-34(28-30-38)56-58(61-48-23-9-8-22-47(48)60-56)43-20-12-26-52-54(43)42-18-6-10-25-51(42)63-52/h1-33,59H. The summed E-state index contributed by atoms with van der Waals surface area (Å²) >= 11 is 1.83. The first-order chi connectivity index (χ1) is 31.2. The van der Waals surface area contributed by atoms with Gasteiger partial charge < -0.3 is 9.55 Å². The van der Waals surface area contributed by atoms with E-state index in [-0.39, 0.29) is 0 Å². The van der Waals surface area contributed by atoms with Crippen LogP contribution in [0.25, 0.3) is 136 Å². The molecule has 0 saturated carbocycles. The number of aromatic amines is 1. The predicted octanol–water partition coefficient (Wildman–Crippen LogP) is 16.0. The van der Waals surface area contributed by atoms with Gasteiger partial charge in [-0.2, -0.15) is 0 Å². The molecule has 14 rings (SSSR count). The second kappa shape index (κ2) is 13.2. The number of aromatic nitrogens is 4. The maximum atomic E-state index is 5.37. The molecule has 0 bridgehead atoms. The molecule has 0 spiro atoms. The van der Waals surface area contributed by atoms with Crippen LogP contribution >= 0.6 is 11.3 Å². The van der Waals surface area contributed by atoms with Crippen LogP contribution in [0.3, 0.4) is 0 Å². The molecule has 0 amide bonds. The maximum Gasteiger partial charge on any atom is 0.0979 e. The summed E-state index contributed by atoms with van der Waals surface area (Å²) in [6.07, 6.45) is 0. The van der Waals surface area contributed by atoms with E-state index in [9.17, 15) is 0 Å². The van der Waals surface area contributed by atoms with Gasteiger partial charge in [-0.05, 0) is 93.8 Å². The number of nitrogens with one attached hydrogen (secondary N) is 1. The van der Waals surface area contributed by atoms with Crippen LogP contribution in [-0.4, -0.2) is 19.5 Å². The highest BCUT2D eigenvalue weighted by atomic mass is 32.1. The number of H-pyrrole nitrogens is 1. The highest BCUT2D eigenvalue weighted by molar-refractivity contribution is 7.25. The van der Waals surface area contributed by atoms with E-state index in [0.29, 0.717) is 0 Å². The largest absolute Gasteiger partial charge is 0.354 e. The molecule has 0 aliphatic rings. The third-order valence-corrected chi connectivity index (χ3v) is 14.2. The number of benzene rings is 10. The van der Waals surface area contributed by atoms with Gasteiger partial charge >= 0.3 is 0 Å². The van der Waals surface area contributed by atoms with E-state index >= 15 is 0 Å². The summed E-state index contributed by atoms with van der Waals surface area (Å²) in [5, 5.41) is 12.4. The van der Waals surface area contributed by atoms with Crippen LogP contribution in [0.4, 0.5) is 0 Å². The first kappa shape index (κ1) is 34.6. The number of nitrogens with zero attached hydrogens (tertiary/aromatic N) is 3. The van der Waals surface area contributed by atoms with E-state index in [0.717, 1.165) is 55.8 Å². The molecule has 4 heterocycles. The van der Waals surface area contributed by atoms with Crippen LogP contribution in [-0.2, 0) is 0 Å². The Kier molecular flexibility index (Phi) is 7.24. The van der Waals surface area contributed by atoms with E-state index in [1.54, 1.807) is 0 Å². The van der Waals surface area contributed by atoms with Crippen molar-refractivity contribution < 1.29 is 0 Å². The lowest BCUT2D eigenvalue weighted by molar-refractivity contribution is 1.18. The molecule has 1 N–H and O–H groups in total. The van der Waals surface area contributed by atoms with Crippen molar-refractivity contribution in [2.45, 2.75) is 0 Å². The average molecular weight is 819 g/mol. The number of thiophene rings is 1. The van der Waals surface area contributed by atoms with Gasteiger partial charge in [-0.25, -0.2) is 9.97 Å². The molecule has 0 fully saturated rings. The molecule has 4 aromatic heterocycles. The zero-order valence-corrected chi connectivity index (χ0v) is 34.6. The Labute approximate surface area is 365 Å². The summed E-state index contributed by atoms with van der Waals surface area (Å²) < 4.78 is 4.96. The summed E-state index contributed by atoms with van der Waals surface area (Å²) in [6.45, 7) is 0. The minimum atomic E-state index is 0.872. The van der Waals surface area contributed by atoms with Crippen molar-refractivity contribution in [3.63, 3.8) is 0 Å². The Bertz CT molecular complexity index is 4210. The minimum Gasteiger partial charge on any atom is -0.354 e. The maximum absolute atomic E-state index is 5.37. The zero-order valence-electron chi connectivity index (χ0n) is 33.8. The molecule has 0 aliphatic heterocycles. The molecule has 0 atom stereocenters. The predicted molar refractivity (Wildman–Crippen MR) is 267 cm³/mol. The molecule has 14 aromatic rings. The Morgan fingerprint density at radius 3 is 1.89 bits per heavy atom. The van der Waals surface area contributed by atoms with Gasteiger partial charge in [0.25, 0.3) is 0 Å². The van der Waals surface area contributed by atoms with Gasteiger partial charge in [0.05, 0.1) is 39.0 Å². The van der Waals surface area contributed by atoms with Gasteiger partial charge in [0.1, 0.15) is 0 Å². The fraction of sp³-hybridized carbons (Fsp3) is 0. The number of hydrogen-bond acceptors (Lipinski definition) is 3. The Morgan fingerprint density at radius 2 is 1.05 bits per heavy atom. The van der Waals surface area contributed by atoms with E-state index in [1.165, 1.54) is 79.9 Å². The van der Waals surface area contributed by atoms with Crippen LogP contribution in [0.1, 0.15) is 0 Å². The summed E-state index contributed by atoms with van der Waals surface area (Å²) in [4.78, 5) is 14.6. The van der Waals surface area contributed by atoms with Gasteiger partial charge in [0.2, 0.25) is 0 Å². The van der Waals surface area contributed by atoms with E-state index < -0.39 is 0 Å². The fourth-order valence-electron chi connectivity index (χ4n) is 10.3. The number of fused-ring (bicyclic) bond motifs is 13. The molecule has 0 saturated heterocycles. The molecule has 63 heavy (non-hydrogen) atoms. The van der Waals surface area contributed by atoms with Crippen LogP contribution in [0.2, 0.25) is 0 Å². The molecule has 0 radical (unpaired) electrons. The summed E-state index contributed by atoms with van der Waals surface area (Å²) in [7, 11) is 0. The lowest BCUT2D eigenvalue weighted by Gasteiger charge is -2.14. The van der Waals surface area contributed by atoms with Crippen molar-refractivity contribution in [2.75, 3.05) is 0 Å². The smallest absolute Gasteiger partial charge is 0.0979 e. The highest BCUT2D eigenvalue weighted by Gasteiger charge is 2.22. The average Bonchev–Trinajstić information content (AvgIpc) is 4.03. The second-order valence-electron chi connectivity index (χ2n) is 16.6. The van der Waals surface area contributed by atoms with Crippen molar-refractivity contribution in [3.05, 3.63) is 200 Å². The molecule has 292 valence electrons. The van der Waals surface area contributed by atoms with Gasteiger partial charge in [-0.1, -0.05) is 133 Å². The Hall–Kier alpha value is -8.12. The SMILES string of the molecule is c1ccc2cc3c(cc2c1)c1c(-c2cc4ccccc4c4c2[nH]c2ccccc24)cccc1n3-c1ccc(-c2nc3ccccc3nc2-c2cccc3sc4ccccc4c23)cc1. The van der Waals surface area contributed by atoms with Crippen molar-refractivity contribution in [1.82, 2.24) is 19.5 Å². The van der Waals surface area contributed by atoms with Crippen LogP contribution in [0, 0.1) is 0 Å². The second-order valence-corrected chi connectivity index (χ2v) is 17.6. The third kappa shape index (κ3) is 5.08. The molecular weight excluding hydrogens is 785 g/mol. The van der Waals surface area contributed by atoms with Gasteiger partial charge in [0, 0.05) is 69.6 Å². The summed E-state index contributed by atoms with van der Waals surface area (Å²) in [5.74, 6) is 0. The molecule has 0 unspecified atom stereocenters. The molecule has 10 aromatic carbocycles. The first-order valence-corrected chi connectivity index (χ1v) is 22.2. The third-order valence-electron chi connectivity index (χ3n) is 13.1. The van der Waals surface area contributed by atoms with Crippen LogP contribution in [0.15, 0.2) is 200 Å². The van der Waals surface area contributed by atoms with Gasteiger partial charge in [-0.15, -0.1) is 11.3 Å². The Balaban J connectivity index is 1.01. The van der Waals surface area contributed by atoms with E-state index in [4.69, 9.17) is 9.97 Å². The molecular formula is C58H34N4S. The van der Waals surface area contributed by atoms with Crippen molar-refractivity contribution in [1.29, 1.82) is 0 Å². The summed E-state index contributed by atoms with van der Waals surface area (Å²) in [5.41, 5.74) is 13.8. The minimum absolute atomic E-state index is 0.872. The first-order valence-electron chi connectivity index (χ1n) is 21.4. The molecule has 4 nitrogen and oxygen atoms in total. The quantitative estimate of drug-likeness (QED) is 0.192. The Morgan fingerprint density at radius 1 is 0.397 bits per heavy atom. The van der Waals surface area contributed by atoms with Gasteiger partial charge in [-0.3, -0.25) is 0 Å². The number of para-hydroxylation sites is 3. The fourth-order valence-corrected chi connectivity index (χ4v) is 11.4. The normalized spacial score (nSPS) is 12.1. The van der Waals surface area contributed by atoms with E-state index in [1.807, 2.05) is 23.5 Å². The monoisotopic (exact) mass is 818 g/mol. The number of hydrogen-bond donors (Lipinski definition) is 1. The molecule has 5 heteroatoms. The lowest BCUT2D eigenvalue weighted by atomic mass is 9.93. The topological polar surface area (TPSA) is 46.5 Å². The zero-order chi connectivity index (χ0) is 41.2. The van der Waals surface area contributed by atoms with Crippen LogP contribution in [0.5, 0.6) is 0 Å². The van der Waals surface area contributed by atoms with Crippen molar-refractivity contribution in [2.24, 2.45) is 0 Å². The summed E-state index contributed by atoms with van der Waals surface area (Å²) in [6, 6.07) is 72.5. The lowest BCUT2D eigenvalue weighted by Crippen LogP contribution is -1.97. The van der Waals surface area contributed by atoms with Gasteiger partial charge in [0.15, 0.2) is 0 Å². The molecule has 0 aliphatic carbocycles. The van der Waals surface area contributed by atoms with Crippen LogP contribution < -0.4 is 0 Å². The van der Waals surface area contributed by atoms with Crippen molar-refractivity contribution in [3.8, 4) is 39.3 Å². The highest BCUT2D eigenvalue weighted by Crippen LogP contribution is 2.46.